The zero-order valence-electron chi connectivity index (χ0n) is 11.1. The number of carbonyl (C=O) groups excluding carboxylic acids is 1. The van der Waals surface area contributed by atoms with Gasteiger partial charge in [-0.1, -0.05) is 0 Å². The molecule has 3 nitrogen and oxygen atoms in total. The first-order valence-electron chi connectivity index (χ1n) is 6.14. The van der Waals surface area contributed by atoms with E-state index in [1.807, 2.05) is 0 Å². The molecule has 0 fully saturated rings. The molecule has 0 aliphatic heterocycles. The molecule has 0 aliphatic carbocycles. The Morgan fingerprint density at radius 1 is 1.05 bits per heavy atom. The number of ether oxygens (including phenoxy) is 1. The third-order valence-corrected chi connectivity index (χ3v) is 2.68. The minimum absolute atomic E-state index is 0.119. The average molecular weight is 295 g/mol. The highest BCUT2D eigenvalue weighted by Crippen LogP contribution is 2.16. The van der Waals surface area contributed by atoms with E-state index in [-0.39, 0.29) is 5.69 Å². The van der Waals surface area contributed by atoms with Gasteiger partial charge >= 0.3 is 0 Å². The first-order chi connectivity index (χ1) is 9.95. The normalized spacial score (nSPS) is 11.8. The molecular weight excluding hydrogens is 283 g/mol. The van der Waals surface area contributed by atoms with Crippen molar-refractivity contribution >= 4 is 11.6 Å². The summed E-state index contributed by atoms with van der Waals surface area (Å²) in [6.07, 6.45) is -0.886. The smallest absolute Gasteiger partial charge is 0.265 e. The van der Waals surface area contributed by atoms with Gasteiger partial charge in [-0.05, 0) is 43.3 Å². The minimum Gasteiger partial charge on any atom is -0.481 e. The maximum absolute atomic E-state index is 13.0. The maximum atomic E-state index is 13.0. The first kappa shape index (κ1) is 14.9. The summed E-state index contributed by atoms with van der Waals surface area (Å²) >= 11 is 0. The van der Waals surface area contributed by atoms with Gasteiger partial charge in [-0.2, -0.15) is 0 Å². The minimum atomic E-state index is -1.06. The number of rotatable bonds is 4. The van der Waals surface area contributed by atoms with Gasteiger partial charge in [-0.25, -0.2) is 13.2 Å². The summed E-state index contributed by atoms with van der Waals surface area (Å²) in [4.78, 5) is 11.9. The Hall–Kier alpha value is -2.50. The molecule has 21 heavy (non-hydrogen) atoms. The number of carbonyl (C=O) groups is 1. The summed E-state index contributed by atoms with van der Waals surface area (Å²) in [7, 11) is 0. The first-order valence-corrected chi connectivity index (χ1v) is 6.14. The van der Waals surface area contributed by atoms with Crippen LogP contribution in [-0.2, 0) is 4.79 Å². The molecule has 0 aromatic heterocycles. The van der Waals surface area contributed by atoms with Crippen LogP contribution in [0.25, 0.3) is 0 Å². The lowest BCUT2D eigenvalue weighted by atomic mass is 10.2. The second-order valence-corrected chi connectivity index (χ2v) is 4.33. The molecule has 1 N–H and O–H groups in total. The molecule has 0 saturated heterocycles. The van der Waals surface area contributed by atoms with E-state index in [9.17, 15) is 18.0 Å². The van der Waals surface area contributed by atoms with Crippen molar-refractivity contribution in [3.8, 4) is 5.75 Å². The van der Waals surface area contributed by atoms with Gasteiger partial charge in [-0.3, -0.25) is 4.79 Å². The summed E-state index contributed by atoms with van der Waals surface area (Å²) < 4.78 is 43.8. The quantitative estimate of drug-likeness (QED) is 0.937. The summed E-state index contributed by atoms with van der Waals surface area (Å²) in [6.45, 7) is 1.48. The van der Waals surface area contributed by atoms with Crippen molar-refractivity contribution in [1.82, 2.24) is 0 Å². The molecule has 0 bridgehead atoms. The number of hydrogen-bond acceptors (Lipinski definition) is 2. The molecule has 2 aromatic rings. The standard InChI is InChI=1S/C15H12F3NO2/c1-9(21-12-5-2-10(16)3-6-12)15(20)19-11-4-7-13(17)14(18)8-11/h2-9H,1H3,(H,19,20). The van der Waals surface area contributed by atoms with E-state index in [0.29, 0.717) is 5.75 Å². The predicted molar refractivity (Wildman–Crippen MR) is 71.5 cm³/mol. The fourth-order valence-electron chi connectivity index (χ4n) is 1.59. The van der Waals surface area contributed by atoms with Gasteiger partial charge in [0.05, 0.1) is 0 Å². The van der Waals surface area contributed by atoms with Crippen molar-refractivity contribution in [2.24, 2.45) is 0 Å². The molecule has 0 aliphatic rings. The topological polar surface area (TPSA) is 38.3 Å². The fourth-order valence-corrected chi connectivity index (χ4v) is 1.59. The summed E-state index contributed by atoms with van der Waals surface area (Å²) in [5.41, 5.74) is 0.119. The molecular formula is C15H12F3NO2. The number of nitrogens with one attached hydrogen (secondary N) is 1. The van der Waals surface area contributed by atoms with Gasteiger partial charge in [0.15, 0.2) is 17.7 Å². The van der Waals surface area contributed by atoms with E-state index in [0.717, 1.165) is 12.1 Å². The molecule has 2 aromatic carbocycles. The lowest BCUT2D eigenvalue weighted by molar-refractivity contribution is -0.122. The fraction of sp³-hybridized carbons (Fsp3) is 0.133. The molecule has 0 radical (unpaired) electrons. The van der Waals surface area contributed by atoms with Crippen LogP contribution >= 0.6 is 0 Å². The summed E-state index contributed by atoms with van der Waals surface area (Å²) in [5.74, 6) is -2.68. The monoisotopic (exact) mass is 295 g/mol. The van der Waals surface area contributed by atoms with Crippen molar-refractivity contribution in [2.45, 2.75) is 13.0 Å². The lowest BCUT2D eigenvalue weighted by Crippen LogP contribution is -2.30. The van der Waals surface area contributed by atoms with Crippen molar-refractivity contribution in [1.29, 1.82) is 0 Å². The molecule has 2 rings (SSSR count). The zero-order chi connectivity index (χ0) is 15.4. The van der Waals surface area contributed by atoms with Crippen LogP contribution < -0.4 is 10.1 Å². The van der Waals surface area contributed by atoms with Gasteiger partial charge in [-0.15, -0.1) is 0 Å². The number of benzene rings is 2. The highest BCUT2D eigenvalue weighted by atomic mass is 19.2. The third kappa shape index (κ3) is 3.98. The largest absolute Gasteiger partial charge is 0.481 e. The Labute approximate surface area is 119 Å². The number of amides is 1. The van der Waals surface area contributed by atoms with Crippen LogP contribution in [0.3, 0.4) is 0 Å². The average Bonchev–Trinajstić information content (AvgIpc) is 2.45. The zero-order valence-corrected chi connectivity index (χ0v) is 11.1. The van der Waals surface area contributed by atoms with Crippen molar-refractivity contribution < 1.29 is 22.7 Å². The SMILES string of the molecule is CC(Oc1ccc(F)cc1)C(=O)Nc1ccc(F)c(F)c1. The van der Waals surface area contributed by atoms with Gasteiger partial charge in [0.25, 0.3) is 5.91 Å². The Morgan fingerprint density at radius 2 is 1.71 bits per heavy atom. The van der Waals surface area contributed by atoms with E-state index in [1.165, 1.54) is 37.3 Å². The van der Waals surface area contributed by atoms with E-state index in [1.54, 1.807) is 0 Å². The van der Waals surface area contributed by atoms with Crippen molar-refractivity contribution in [2.75, 3.05) is 5.32 Å². The molecule has 1 amide bonds. The van der Waals surface area contributed by atoms with Crippen LogP contribution in [-0.4, -0.2) is 12.0 Å². The van der Waals surface area contributed by atoms with Crippen molar-refractivity contribution in [3.05, 3.63) is 59.9 Å². The van der Waals surface area contributed by atoms with Crippen LogP contribution in [0.1, 0.15) is 6.92 Å². The molecule has 1 unspecified atom stereocenters. The number of anilines is 1. The second kappa shape index (κ2) is 6.30. The molecule has 6 heteroatoms. The summed E-state index contributed by atoms with van der Waals surface area (Å²) in [6, 6.07) is 8.20. The van der Waals surface area contributed by atoms with Crippen LogP contribution in [0.5, 0.6) is 5.75 Å². The van der Waals surface area contributed by atoms with Crippen LogP contribution in [0.15, 0.2) is 42.5 Å². The Bertz CT molecular complexity index is 644. The highest BCUT2D eigenvalue weighted by Gasteiger charge is 2.15. The Morgan fingerprint density at radius 3 is 2.33 bits per heavy atom. The van der Waals surface area contributed by atoms with Crippen LogP contribution in [0.2, 0.25) is 0 Å². The van der Waals surface area contributed by atoms with Crippen molar-refractivity contribution in [3.63, 3.8) is 0 Å². The van der Waals surface area contributed by atoms with E-state index in [2.05, 4.69) is 5.32 Å². The highest BCUT2D eigenvalue weighted by molar-refractivity contribution is 5.94. The van der Waals surface area contributed by atoms with Gasteiger partial charge in [0.2, 0.25) is 0 Å². The lowest BCUT2D eigenvalue weighted by Gasteiger charge is -2.14. The number of hydrogen-bond donors (Lipinski definition) is 1. The second-order valence-electron chi connectivity index (χ2n) is 4.33. The predicted octanol–water partition coefficient (Wildman–Crippen LogP) is 3.51. The van der Waals surface area contributed by atoms with Gasteiger partial charge < -0.3 is 10.1 Å². The van der Waals surface area contributed by atoms with E-state index < -0.39 is 29.5 Å². The summed E-state index contributed by atoms with van der Waals surface area (Å²) in [5, 5.41) is 2.40. The Balaban J connectivity index is 1.98. The molecule has 0 heterocycles. The van der Waals surface area contributed by atoms with E-state index >= 15 is 0 Å². The Kier molecular flexibility index (Phi) is 4.47. The molecule has 110 valence electrons. The van der Waals surface area contributed by atoms with Gasteiger partial charge in [0, 0.05) is 11.8 Å². The molecule has 0 saturated carbocycles. The van der Waals surface area contributed by atoms with Crippen LogP contribution in [0.4, 0.5) is 18.9 Å². The van der Waals surface area contributed by atoms with Crippen LogP contribution in [0, 0.1) is 17.5 Å². The molecule has 1 atom stereocenters. The maximum Gasteiger partial charge on any atom is 0.265 e. The molecule has 0 spiro atoms. The van der Waals surface area contributed by atoms with E-state index in [4.69, 9.17) is 4.74 Å². The van der Waals surface area contributed by atoms with Gasteiger partial charge in [0.1, 0.15) is 11.6 Å². The third-order valence-electron chi connectivity index (χ3n) is 2.68. The number of halogens is 3.